The summed E-state index contributed by atoms with van der Waals surface area (Å²) in [6.45, 7) is 6.67. The highest BCUT2D eigenvalue weighted by Gasteiger charge is 2.33. The normalized spacial score (nSPS) is 18.9. The molecule has 36 heavy (non-hydrogen) atoms. The third-order valence-electron chi connectivity index (χ3n) is 7.35. The van der Waals surface area contributed by atoms with Crippen LogP contribution in [0.2, 0.25) is 0 Å². The monoisotopic (exact) mass is 487 g/mol. The molecule has 2 amide bonds. The second-order valence-electron chi connectivity index (χ2n) is 9.90. The molecule has 1 saturated heterocycles. The van der Waals surface area contributed by atoms with Gasteiger partial charge in [0.1, 0.15) is 6.10 Å². The standard InChI is InChI=1S/C28H33N5O3/c1-19-8-10-22(11-9-19)25-17-33-24(18-36-25)26(30-31-33)28(35)32-14-12-23(13-15-32)27(34)29-16-20(2)21-6-4-3-5-7-21/h3-11,20,23,25H,12-18H2,1-2H3,(H,29,34)/t20-,25-/m0/s1. The third-order valence-corrected chi connectivity index (χ3v) is 7.35. The largest absolute Gasteiger partial charge is 0.365 e. The number of hydrogen-bond donors (Lipinski definition) is 1. The number of nitrogens with one attached hydrogen (secondary N) is 1. The van der Waals surface area contributed by atoms with E-state index in [4.69, 9.17) is 4.74 Å². The Morgan fingerprint density at radius 2 is 1.81 bits per heavy atom. The van der Waals surface area contributed by atoms with Crippen molar-refractivity contribution in [2.45, 2.75) is 51.9 Å². The molecule has 8 nitrogen and oxygen atoms in total. The van der Waals surface area contributed by atoms with E-state index in [9.17, 15) is 9.59 Å². The Morgan fingerprint density at radius 3 is 2.53 bits per heavy atom. The molecule has 0 unspecified atom stereocenters. The summed E-state index contributed by atoms with van der Waals surface area (Å²) in [7, 11) is 0. The number of fused-ring (bicyclic) bond motifs is 1. The van der Waals surface area contributed by atoms with Crippen LogP contribution in [-0.4, -0.2) is 51.3 Å². The van der Waals surface area contributed by atoms with Crippen LogP contribution in [0.15, 0.2) is 54.6 Å². The summed E-state index contributed by atoms with van der Waals surface area (Å²) in [4.78, 5) is 27.7. The first-order valence-corrected chi connectivity index (χ1v) is 12.7. The second-order valence-corrected chi connectivity index (χ2v) is 9.90. The molecule has 3 heterocycles. The van der Waals surface area contributed by atoms with Crippen molar-refractivity contribution in [1.29, 1.82) is 0 Å². The Balaban J connectivity index is 1.13. The first-order valence-electron chi connectivity index (χ1n) is 12.7. The quantitative estimate of drug-likeness (QED) is 0.574. The average Bonchev–Trinajstić information content (AvgIpc) is 3.35. The Labute approximate surface area is 211 Å². The minimum absolute atomic E-state index is 0.0708. The Kier molecular flexibility index (Phi) is 7.13. The van der Waals surface area contributed by atoms with Crippen LogP contribution < -0.4 is 5.32 Å². The summed E-state index contributed by atoms with van der Waals surface area (Å²) < 4.78 is 7.86. The number of benzene rings is 2. The molecule has 0 bridgehead atoms. The summed E-state index contributed by atoms with van der Waals surface area (Å²) in [6, 6.07) is 18.5. The fraction of sp³-hybridized carbons (Fsp3) is 0.429. The highest BCUT2D eigenvalue weighted by molar-refractivity contribution is 5.93. The molecule has 2 atom stereocenters. The minimum atomic E-state index is -0.134. The number of nitrogens with zero attached hydrogens (tertiary/aromatic N) is 4. The van der Waals surface area contributed by atoms with Gasteiger partial charge in [-0.2, -0.15) is 0 Å². The lowest BCUT2D eigenvalue weighted by atomic mass is 9.95. The van der Waals surface area contributed by atoms with Crippen molar-refractivity contribution in [2.24, 2.45) is 5.92 Å². The van der Waals surface area contributed by atoms with Crippen molar-refractivity contribution in [1.82, 2.24) is 25.2 Å². The molecular formula is C28H33N5O3. The maximum absolute atomic E-state index is 13.2. The van der Waals surface area contributed by atoms with Gasteiger partial charge in [-0.15, -0.1) is 5.10 Å². The number of likely N-dealkylation sites (tertiary alicyclic amines) is 1. The number of hydrogen-bond acceptors (Lipinski definition) is 5. The maximum atomic E-state index is 13.2. The lowest BCUT2D eigenvalue weighted by molar-refractivity contribution is -0.126. The van der Waals surface area contributed by atoms with Crippen LogP contribution in [-0.2, 0) is 22.7 Å². The highest BCUT2D eigenvalue weighted by Crippen LogP contribution is 2.28. The zero-order chi connectivity index (χ0) is 25.1. The molecule has 3 aromatic rings. The molecule has 0 spiro atoms. The van der Waals surface area contributed by atoms with E-state index in [2.05, 4.69) is 65.9 Å². The van der Waals surface area contributed by atoms with Crippen LogP contribution in [0.1, 0.15) is 64.7 Å². The van der Waals surface area contributed by atoms with Gasteiger partial charge >= 0.3 is 0 Å². The number of aromatic nitrogens is 3. The first-order chi connectivity index (χ1) is 17.5. The van der Waals surface area contributed by atoms with Gasteiger partial charge in [-0.3, -0.25) is 9.59 Å². The van der Waals surface area contributed by atoms with E-state index in [0.29, 0.717) is 51.3 Å². The summed E-state index contributed by atoms with van der Waals surface area (Å²) in [6.07, 6.45) is 1.18. The van der Waals surface area contributed by atoms with Gasteiger partial charge in [0.2, 0.25) is 5.91 Å². The van der Waals surface area contributed by atoms with Gasteiger partial charge < -0.3 is 15.0 Å². The maximum Gasteiger partial charge on any atom is 0.276 e. The van der Waals surface area contributed by atoms with E-state index in [1.165, 1.54) is 11.1 Å². The predicted octanol–water partition coefficient (Wildman–Crippen LogP) is 3.63. The molecule has 188 valence electrons. The van der Waals surface area contributed by atoms with E-state index in [0.717, 1.165) is 11.3 Å². The van der Waals surface area contributed by atoms with Crippen LogP contribution in [0.25, 0.3) is 0 Å². The molecular weight excluding hydrogens is 454 g/mol. The zero-order valence-corrected chi connectivity index (χ0v) is 20.9. The minimum Gasteiger partial charge on any atom is -0.365 e. The van der Waals surface area contributed by atoms with E-state index in [1.54, 1.807) is 9.58 Å². The Morgan fingerprint density at radius 1 is 1.08 bits per heavy atom. The number of rotatable bonds is 6. The number of aryl methyl sites for hydroxylation is 1. The van der Waals surface area contributed by atoms with Gasteiger partial charge in [0.15, 0.2) is 5.69 Å². The van der Waals surface area contributed by atoms with E-state index < -0.39 is 0 Å². The fourth-order valence-corrected chi connectivity index (χ4v) is 4.95. The van der Waals surface area contributed by atoms with E-state index >= 15 is 0 Å². The Bertz CT molecular complexity index is 1200. The van der Waals surface area contributed by atoms with Crippen molar-refractivity contribution in [2.75, 3.05) is 19.6 Å². The van der Waals surface area contributed by atoms with Gasteiger partial charge in [-0.1, -0.05) is 72.3 Å². The molecule has 0 radical (unpaired) electrons. The van der Waals surface area contributed by atoms with Gasteiger partial charge in [-0.25, -0.2) is 4.68 Å². The van der Waals surface area contributed by atoms with Crippen LogP contribution in [0, 0.1) is 12.8 Å². The fourth-order valence-electron chi connectivity index (χ4n) is 4.95. The van der Waals surface area contributed by atoms with Crippen molar-refractivity contribution >= 4 is 11.8 Å². The van der Waals surface area contributed by atoms with Crippen LogP contribution >= 0.6 is 0 Å². The summed E-state index contributed by atoms with van der Waals surface area (Å²) in [5.41, 5.74) is 4.58. The number of piperidine rings is 1. The topological polar surface area (TPSA) is 89.4 Å². The molecule has 2 aliphatic rings. The van der Waals surface area contributed by atoms with Crippen LogP contribution in [0.4, 0.5) is 0 Å². The predicted molar refractivity (Wildman–Crippen MR) is 135 cm³/mol. The summed E-state index contributed by atoms with van der Waals surface area (Å²) in [5, 5.41) is 11.6. The van der Waals surface area contributed by atoms with Crippen molar-refractivity contribution in [3.63, 3.8) is 0 Å². The van der Waals surface area contributed by atoms with Crippen molar-refractivity contribution < 1.29 is 14.3 Å². The van der Waals surface area contributed by atoms with Crippen molar-refractivity contribution in [3.8, 4) is 0 Å². The zero-order valence-electron chi connectivity index (χ0n) is 20.9. The molecule has 2 aliphatic heterocycles. The smallest absolute Gasteiger partial charge is 0.276 e. The van der Waals surface area contributed by atoms with Gasteiger partial charge in [-0.05, 0) is 36.8 Å². The number of carbonyl (C=O) groups is 2. The molecule has 5 rings (SSSR count). The highest BCUT2D eigenvalue weighted by atomic mass is 16.5. The molecule has 0 saturated carbocycles. The van der Waals surface area contributed by atoms with E-state index in [1.807, 2.05) is 18.2 Å². The van der Waals surface area contributed by atoms with E-state index in [-0.39, 0.29) is 29.8 Å². The summed E-state index contributed by atoms with van der Waals surface area (Å²) in [5.74, 6) is 0.112. The SMILES string of the molecule is Cc1ccc([C@@H]2Cn3nnc(C(=O)N4CCC(C(=O)NC[C@H](C)c5ccccc5)CC4)c3CO2)cc1. The van der Waals surface area contributed by atoms with Crippen LogP contribution in [0.5, 0.6) is 0 Å². The molecule has 8 heteroatoms. The number of carbonyl (C=O) groups excluding carboxylic acids is 2. The van der Waals surface area contributed by atoms with Gasteiger partial charge in [0, 0.05) is 25.6 Å². The molecule has 1 fully saturated rings. The number of ether oxygens (including phenoxy) is 1. The molecule has 2 aromatic carbocycles. The van der Waals surface area contributed by atoms with Gasteiger partial charge in [0.05, 0.1) is 18.8 Å². The number of amides is 2. The van der Waals surface area contributed by atoms with Crippen molar-refractivity contribution in [3.05, 3.63) is 82.7 Å². The lowest BCUT2D eigenvalue weighted by Crippen LogP contribution is -2.44. The molecule has 0 aliphatic carbocycles. The third kappa shape index (κ3) is 5.18. The Hall–Kier alpha value is -3.52. The summed E-state index contributed by atoms with van der Waals surface area (Å²) >= 11 is 0. The average molecular weight is 488 g/mol. The molecule has 1 aromatic heterocycles. The van der Waals surface area contributed by atoms with Crippen LogP contribution in [0.3, 0.4) is 0 Å². The lowest BCUT2D eigenvalue weighted by Gasteiger charge is -2.31. The second kappa shape index (κ2) is 10.6. The molecule has 1 N–H and O–H groups in total. The first kappa shape index (κ1) is 24.2. The van der Waals surface area contributed by atoms with Gasteiger partial charge in [0.25, 0.3) is 5.91 Å².